The fourth-order valence-corrected chi connectivity index (χ4v) is 4.84. The third kappa shape index (κ3) is 9.40. The summed E-state index contributed by atoms with van der Waals surface area (Å²) in [6, 6.07) is 12.8. The molecule has 0 radical (unpaired) electrons. The van der Waals surface area contributed by atoms with Gasteiger partial charge in [-0.2, -0.15) is 0 Å². The molecule has 0 unspecified atom stereocenters. The van der Waals surface area contributed by atoms with E-state index in [1.54, 1.807) is 7.11 Å². The molecule has 1 aliphatic heterocycles. The van der Waals surface area contributed by atoms with Crippen LogP contribution in [-0.4, -0.2) is 92.8 Å². The summed E-state index contributed by atoms with van der Waals surface area (Å²) in [7, 11) is 1.63. The van der Waals surface area contributed by atoms with Crippen molar-refractivity contribution in [1.82, 2.24) is 14.8 Å². The summed E-state index contributed by atoms with van der Waals surface area (Å²) in [6.07, 6.45) is 1.17. The van der Waals surface area contributed by atoms with Crippen LogP contribution in [-0.2, 0) is 23.7 Å². The molecule has 11 nitrogen and oxygen atoms in total. The Morgan fingerprint density at radius 3 is 2.21 bits per heavy atom. The molecule has 1 aromatic heterocycles. The molecule has 3 aromatic rings. The molecule has 1 atom stereocenters. The second kappa shape index (κ2) is 17.2. The third-order valence-electron chi connectivity index (χ3n) is 6.79. The van der Waals surface area contributed by atoms with Crippen LogP contribution in [0.25, 0.3) is 5.69 Å². The van der Waals surface area contributed by atoms with E-state index in [-0.39, 0.29) is 12.2 Å². The number of hydrogen-bond donors (Lipinski definition) is 1. The monoisotopic (exact) mass is 613 g/mol. The number of aromatic nitrogens is 3. The molecule has 2 N–H and O–H groups in total. The zero-order valence-electron chi connectivity index (χ0n) is 24.8. The van der Waals surface area contributed by atoms with Crippen LogP contribution in [0.1, 0.15) is 48.1 Å². The van der Waals surface area contributed by atoms with Gasteiger partial charge in [0.25, 0.3) is 0 Å². The van der Waals surface area contributed by atoms with E-state index in [9.17, 15) is 4.79 Å². The van der Waals surface area contributed by atoms with E-state index in [4.69, 9.17) is 46.0 Å². The van der Waals surface area contributed by atoms with Gasteiger partial charge in [-0.1, -0.05) is 23.7 Å². The van der Waals surface area contributed by atoms with Gasteiger partial charge in [0, 0.05) is 42.1 Å². The third-order valence-corrected chi connectivity index (χ3v) is 7.05. The molecule has 1 aliphatic rings. The van der Waals surface area contributed by atoms with Crippen LogP contribution in [0.15, 0.2) is 47.5 Å². The van der Waals surface area contributed by atoms with Crippen LogP contribution in [0.3, 0.4) is 0 Å². The number of nitrogens with zero attached hydrogens (tertiary/aromatic N) is 4. The quantitative estimate of drug-likeness (QED) is 0.200. The minimum absolute atomic E-state index is 0.0763. The van der Waals surface area contributed by atoms with Crippen molar-refractivity contribution in [1.29, 1.82) is 0 Å². The van der Waals surface area contributed by atoms with E-state index < -0.39 is 6.04 Å². The van der Waals surface area contributed by atoms with E-state index in [1.807, 2.05) is 54.0 Å². The van der Waals surface area contributed by atoms with Gasteiger partial charge in [-0.15, -0.1) is 10.2 Å². The summed E-state index contributed by atoms with van der Waals surface area (Å²) in [5, 5.41) is 9.41. The second-order valence-corrected chi connectivity index (χ2v) is 10.3. The Bertz CT molecular complexity index is 1350. The number of aryl methyl sites for hydroxylation is 1. The number of benzene rings is 2. The van der Waals surface area contributed by atoms with Crippen molar-refractivity contribution in [2.75, 3.05) is 66.5 Å². The number of Topliss-reactive ketones (excluding diaryl/α,β-unsaturated/α-hetero) is 1. The number of aliphatic imine (C=N–C) groups is 1. The number of halogens is 1. The largest absolute Gasteiger partial charge is 0.497 e. The molecule has 0 aliphatic carbocycles. The topological polar surface area (TPSA) is 132 Å². The number of carbonyl (C=O) groups excluding carboxylic acids is 1. The molecule has 0 spiro atoms. The van der Waals surface area contributed by atoms with Crippen LogP contribution >= 0.6 is 11.6 Å². The van der Waals surface area contributed by atoms with Crippen LogP contribution in [0.5, 0.6) is 5.75 Å². The van der Waals surface area contributed by atoms with Gasteiger partial charge < -0.3 is 29.4 Å². The minimum atomic E-state index is -0.512. The first kappa shape index (κ1) is 32.7. The SMILES string of the molecule is COc1ccc2c(c1)C(c1ccc(Cl)cc1)=N[C@@H](CC(=O)CCCOCCOCCOCCOCCN)c1nnc(C)n1-2. The Kier molecular flexibility index (Phi) is 13.1. The zero-order chi connectivity index (χ0) is 30.4. The van der Waals surface area contributed by atoms with Crippen molar-refractivity contribution in [3.63, 3.8) is 0 Å². The van der Waals surface area contributed by atoms with Crippen LogP contribution < -0.4 is 10.5 Å². The van der Waals surface area contributed by atoms with Crippen LogP contribution in [0.2, 0.25) is 5.02 Å². The van der Waals surface area contributed by atoms with Gasteiger partial charge in [0.15, 0.2) is 5.82 Å². The summed E-state index contributed by atoms with van der Waals surface area (Å²) in [4.78, 5) is 18.3. The van der Waals surface area contributed by atoms with E-state index in [0.717, 1.165) is 22.5 Å². The lowest BCUT2D eigenvalue weighted by molar-refractivity contribution is -0.119. The fourth-order valence-electron chi connectivity index (χ4n) is 4.71. The number of ketones is 1. The number of fused-ring (bicyclic) bond motifs is 3. The Labute approximate surface area is 257 Å². The summed E-state index contributed by atoms with van der Waals surface area (Å²) in [6.45, 7) is 6.35. The van der Waals surface area contributed by atoms with E-state index >= 15 is 0 Å². The smallest absolute Gasteiger partial charge is 0.162 e. The zero-order valence-corrected chi connectivity index (χ0v) is 25.6. The molecule has 0 bridgehead atoms. The molecule has 0 saturated carbocycles. The lowest BCUT2D eigenvalue weighted by Crippen LogP contribution is -2.14. The maximum absolute atomic E-state index is 13.1. The van der Waals surface area contributed by atoms with Gasteiger partial charge in [-0.3, -0.25) is 14.4 Å². The molecule has 12 heteroatoms. The first-order valence-electron chi connectivity index (χ1n) is 14.5. The number of rotatable bonds is 19. The number of nitrogens with two attached hydrogens (primary N) is 1. The highest BCUT2D eigenvalue weighted by molar-refractivity contribution is 6.30. The Hall–Kier alpha value is -3.19. The molecule has 43 heavy (non-hydrogen) atoms. The number of methoxy groups -OCH3 is 1. The van der Waals surface area contributed by atoms with Crippen molar-refractivity contribution in [3.8, 4) is 11.4 Å². The van der Waals surface area contributed by atoms with Gasteiger partial charge >= 0.3 is 0 Å². The highest BCUT2D eigenvalue weighted by Crippen LogP contribution is 2.34. The van der Waals surface area contributed by atoms with E-state index in [1.165, 1.54) is 0 Å². The van der Waals surface area contributed by atoms with Crippen molar-refractivity contribution in [3.05, 3.63) is 70.3 Å². The maximum atomic E-state index is 13.1. The predicted octanol–water partition coefficient (Wildman–Crippen LogP) is 3.89. The Morgan fingerprint density at radius 2 is 1.56 bits per heavy atom. The predicted molar refractivity (Wildman–Crippen MR) is 164 cm³/mol. The Morgan fingerprint density at radius 1 is 0.907 bits per heavy atom. The van der Waals surface area contributed by atoms with Crippen LogP contribution in [0.4, 0.5) is 0 Å². The van der Waals surface area contributed by atoms with E-state index in [0.29, 0.717) is 94.7 Å². The molecule has 4 rings (SSSR count). The average molecular weight is 614 g/mol. The molecule has 0 saturated heterocycles. The average Bonchev–Trinajstić information content (AvgIpc) is 3.34. The normalized spacial score (nSPS) is 14.1. The molecule has 232 valence electrons. The molecule has 2 heterocycles. The highest BCUT2D eigenvalue weighted by Gasteiger charge is 2.29. The number of hydrogen-bond acceptors (Lipinski definition) is 10. The molecule has 2 aromatic carbocycles. The summed E-state index contributed by atoms with van der Waals surface area (Å²) < 4.78 is 29.3. The van der Waals surface area contributed by atoms with Gasteiger partial charge in [0.1, 0.15) is 23.4 Å². The fraction of sp³-hybridized carbons (Fsp3) is 0.484. The standard InChI is InChI=1S/C31H40ClN5O6/c1-22-35-36-31-28(20-25(38)4-3-12-40-14-16-42-18-19-43-17-15-41-13-11-33)34-30(23-5-7-24(32)8-6-23)27-21-26(39-2)9-10-29(27)37(22)31/h5-10,21,28H,3-4,11-20,33H2,1-2H3/t28-/m0/s1. The van der Waals surface area contributed by atoms with Gasteiger partial charge in [-0.05, 0) is 43.7 Å². The number of carbonyl (C=O) groups is 1. The molecule has 0 amide bonds. The van der Waals surface area contributed by atoms with Gasteiger partial charge in [0.05, 0.1) is 64.8 Å². The summed E-state index contributed by atoms with van der Waals surface area (Å²) in [5.74, 6) is 2.12. The van der Waals surface area contributed by atoms with Crippen molar-refractivity contribution >= 4 is 23.1 Å². The Balaban J connectivity index is 1.32. The number of ether oxygens (including phenoxy) is 5. The van der Waals surface area contributed by atoms with Crippen molar-refractivity contribution < 1.29 is 28.5 Å². The lowest BCUT2D eigenvalue weighted by Gasteiger charge is -2.14. The molecular weight excluding hydrogens is 574 g/mol. The van der Waals surface area contributed by atoms with Crippen LogP contribution in [0, 0.1) is 6.92 Å². The lowest BCUT2D eigenvalue weighted by atomic mass is 9.99. The second-order valence-electron chi connectivity index (χ2n) is 9.91. The van der Waals surface area contributed by atoms with E-state index in [2.05, 4.69) is 10.2 Å². The summed E-state index contributed by atoms with van der Waals surface area (Å²) in [5.41, 5.74) is 8.71. The molecule has 0 fully saturated rings. The summed E-state index contributed by atoms with van der Waals surface area (Å²) >= 11 is 6.18. The minimum Gasteiger partial charge on any atom is -0.497 e. The first-order chi connectivity index (χ1) is 21.0. The highest BCUT2D eigenvalue weighted by atomic mass is 35.5. The maximum Gasteiger partial charge on any atom is 0.162 e. The van der Waals surface area contributed by atoms with Gasteiger partial charge in [0.2, 0.25) is 0 Å². The van der Waals surface area contributed by atoms with Gasteiger partial charge in [-0.25, -0.2) is 0 Å². The first-order valence-corrected chi connectivity index (χ1v) is 14.9. The van der Waals surface area contributed by atoms with Crippen molar-refractivity contribution in [2.45, 2.75) is 32.2 Å². The van der Waals surface area contributed by atoms with Crippen molar-refractivity contribution in [2.24, 2.45) is 10.7 Å². The molecular formula is C31H40ClN5O6.